The van der Waals surface area contributed by atoms with E-state index in [1.807, 2.05) is 6.07 Å². The highest BCUT2D eigenvalue weighted by Gasteiger charge is 2.38. The third-order valence-electron chi connectivity index (χ3n) is 3.90. The number of pyridine rings is 1. The Hall–Kier alpha value is -3.83. The number of benzene rings is 2. The number of rotatable bonds is 2. The minimum Gasteiger partial charge on any atom is -0.399 e. The highest BCUT2D eigenvalue weighted by Crippen LogP contribution is 2.35. The number of carbonyl (C=O) groups is 2. The van der Waals surface area contributed by atoms with E-state index in [2.05, 4.69) is 4.98 Å². The zero-order valence-electron chi connectivity index (χ0n) is 18.1. The van der Waals surface area contributed by atoms with E-state index in [9.17, 15) is 35.9 Å². The van der Waals surface area contributed by atoms with Crippen molar-refractivity contribution in [1.82, 2.24) is 4.98 Å². The summed E-state index contributed by atoms with van der Waals surface area (Å²) in [5.41, 5.74) is 18.0. The van der Waals surface area contributed by atoms with Crippen LogP contribution >= 0.6 is 0 Å². The SMILES string of the molecule is CC(=O)CC(=O)C(F)(F)F.Cc1cc(C(F)(F)F)c2ccc(N)cc2n1.Nc1cccc(N)c1. The Morgan fingerprint density at radius 2 is 1.38 bits per heavy atom. The van der Waals surface area contributed by atoms with Crippen LogP contribution in [0.3, 0.4) is 0 Å². The molecule has 0 aliphatic carbocycles. The second kappa shape index (κ2) is 11.3. The maximum Gasteiger partial charge on any atom is 0.450 e. The quantitative estimate of drug-likeness (QED) is 0.262. The van der Waals surface area contributed by atoms with Gasteiger partial charge in [0.2, 0.25) is 5.78 Å². The summed E-state index contributed by atoms with van der Waals surface area (Å²) in [7, 11) is 0. The first-order chi connectivity index (χ1) is 15.5. The van der Waals surface area contributed by atoms with Crippen molar-refractivity contribution in [1.29, 1.82) is 0 Å². The van der Waals surface area contributed by atoms with Crippen LogP contribution in [0.4, 0.5) is 43.4 Å². The van der Waals surface area contributed by atoms with Crippen LogP contribution in [0.1, 0.15) is 24.6 Å². The second-order valence-electron chi connectivity index (χ2n) is 7.06. The normalized spacial score (nSPS) is 11.1. The number of alkyl halides is 6. The molecule has 0 amide bonds. The molecule has 0 aliphatic heterocycles. The van der Waals surface area contributed by atoms with Gasteiger partial charge in [-0.05, 0) is 50.2 Å². The molecular weight excluding hydrogens is 466 g/mol. The van der Waals surface area contributed by atoms with Crippen molar-refractivity contribution >= 4 is 39.5 Å². The number of halogens is 6. The fraction of sp³-hybridized carbons (Fsp3) is 0.227. The maximum absolute atomic E-state index is 12.7. The van der Waals surface area contributed by atoms with E-state index in [1.165, 1.54) is 25.1 Å². The molecule has 2 aromatic carbocycles. The molecule has 0 saturated heterocycles. The number of aryl methyl sites for hydroxylation is 1. The third kappa shape index (κ3) is 9.35. The van der Waals surface area contributed by atoms with Crippen molar-refractivity contribution < 1.29 is 35.9 Å². The first kappa shape index (κ1) is 28.2. The van der Waals surface area contributed by atoms with Gasteiger partial charge in [0.15, 0.2) is 0 Å². The Morgan fingerprint density at radius 1 is 0.853 bits per heavy atom. The number of nitrogens with two attached hydrogens (primary N) is 3. The summed E-state index contributed by atoms with van der Waals surface area (Å²) >= 11 is 0. The fourth-order valence-corrected chi connectivity index (χ4v) is 2.50. The molecule has 0 unspecified atom stereocenters. The molecule has 0 radical (unpaired) electrons. The molecule has 0 atom stereocenters. The zero-order chi connectivity index (χ0) is 26.3. The van der Waals surface area contributed by atoms with Crippen molar-refractivity contribution in [3.05, 3.63) is 59.8 Å². The van der Waals surface area contributed by atoms with Crippen LogP contribution in [0.5, 0.6) is 0 Å². The van der Waals surface area contributed by atoms with Gasteiger partial charge < -0.3 is 17.2 Å². The number of ketones is 2. The average molecular weight is 488 g/mol. The van der Waals surface area contributed by atoms with Crippen LogP contribution in [-0.2, 0) is 15.8 Å². The van der Waals surface area contributed by atoms with Crippen molar-refractivity contribution in [2.45, 2.75) is 32.6 Å². The Balaban J connectivity index is 0.000000277. The number of Topliss-reactive ketones (excluding diaryl/α,β-unsaturated/α-hetero) is 2. The van der Waals surface area contributed by atoms with E-state index in [-0.39, 0.29) is 10.9 Å². The molecule has 34 heavy (non-hydrogen) atoms. The van der Waals surface area contributed by atoms with Crippen molar-refractivity contribution in [3.8, 4) is 0 Å². The van der Waals surface area contributed by atoms with Crippen molar-refractivity contribution in [2.75, 3.05) is 17.2 Å². The van der Waals surface area contributed by atoms with Crippen molar-refractivity contribution in [3.63, 3.8) is 0 Å². The van der Waals surface area contributed by atoms with E-state index >= 15 is 0 Å². The third-order valence-corrected chi connectivity index (χ3v) is 3.90. The smallest absolute Gasteiger partial charge is 0.399 e. The predicted octanol–water partition coefficient (Wildman–Crippen LogP) is 5.09. The van der Waals surface area contributed by atoms with Crippen molar-refractivity contribution in [2.24, 2.45) is 0 Å². The summed E-state index contributed by atoms with van der Waals surface area (Å²) < 4.78 is 72.1. The number of carbonyl (C=O) groups excluding carboxylic acids is 2. The minimum absolute atomic E-state index is 0.0762. The fourth-order valence-electron chi connectivity index (χ4n) is 2.50. The monoisotopic (exact) mass is 488 g/mol. The van der Waals surface area contributed by atoms with Crippen LogP contribution in [0.15, 0.2) is 48.5 Å². The largest absolute Gasteiger partial charge is 0.450 e. The van der Waals surface area contributed by atoms with Gasteiger partial charge in [0.25, 0.3) is 0 Å². The molecular formula is C22H22F6N4O2. The van der Waals surface area contributed by atoms with Gasteiger partial charge >= 0.3 is 12.4 Å². The molecule has 0 spiro atoms. The van der Waals surface area contributed by atoms with Gasteiger partial charge in [0.1, 0.15) is 5.78 Å². The zero-order valence-corrected chi connectivity index (χ0v) is 18.1. The lowest BCUT2D eigenvalue weighted by molar-refractivity contribution is -0.171. The molecule has 3 rings (SSSR count). The summed E-state index contributed by atoms with van der Waals surface area (Å²) in [6.45, 7) is 2.46. The van der Waals surface area contributed by atoms with Gasteiger partial charge in [-0.1, -0.05) is 12.1 Å². The molecule has 184 valence electrons. The van der Waals surface area contributed by atoms with Gasteiger partial charge in [-0.2, -0.15) is 26.3 Å². The first-order valence-electron chi connectivity index (χ1n) is 9.45. The lowest BCUT2D eigenvalue weighted by Gasteiger charge is -2.11. The van der Waals surface area contributed by atoms with Crippen LogP contribution < -0.4 is 17.2 Å². The number of anilines is 3. The molecule has 0 fully saturated rings. The van der Waals surface area contributed by atoms with E-state index in [1.54, 1.807) is 18.2 Å². The number of nitrogen functional groups attached to an aromatic ring is 3. The van der Waals surface area contributed by atoms with E-state index in [4.69, 9.17) is 17.2 Å². The summed E-state index contributed by atoms with van der Waals surface area (Å²) in [4.78, 5) is 23.9. The second-order valence-corrected chi connectivity index (χ2v) is 7.06. The van der Waals surface area contributed by atoms with Gasteiger partial charge in [0.05, 0.1) is 17.5 Å². The predicted molar refractivity (Wildman–Crippen MR) is 118 cm³/mol. The minimum atomic E-state index is -4.87. The Labute approximate surface area is 190 Å². The number of aromatic nitrogens is 1. The average Bonchev–Trinajstić information content (AvgIpc) is 2.66. The van der Waals surface area contributed by atoms with Crippen LogP contribution in [0.2, 0.25) is 0 Å². The lowest BCUT2D eigenvalue weighted by Crippen LogP contribution is -2.24. The topological polar surface area (TPSA) is 125 Å². The molecule has 3 aromatic rings. The number of hydrogen-bond donors (Lipinski definition) is 3. The van der Waals surface area contributed by atoms with E-state index in [0.29, 0.717) is 22.8 Å². The summed E-state index contributed by atoms with van der Waals surface area (Å²) in [5.74, 6) is -2.76. The molecule has 12 heteroatoms. The Kier molecular flexibility index (Phi) is 9.41. The highest BCUT2D eigenvalue weighted by molar-refractivity contribution is 6.00. The molecule has 1 heterocycles. The molecule has 6 N–H and O–H groups in total. The van der Waals surface area contributed by atoms with E-state index < -0.39 is 35.9 Å². The van der Waals surface area contributed by atoms with Gasteiger partial charge in [0, 0.05) is 28.1 Å². The van der Waals surface area contributed by atoms with Gasteiger partial charge in [-0.15, -0.1) is 0 Å². The molecule has 0 aliphatic rings. The summed E-state index contributed by atoms with van der Waals surface area (Å²) in [5, 5.41) is 0.0762. The van der Waals surface area contributed by atoms with Gasteiger partial charge in [-0.25, -0.2) is 0 Å². The first-order valence-corrected chi connectivity index (χ1v) is 9.45. The number of hydrogen-bond acceptors (Lipinski definition) is 6. The molecule has 0 saturated carbocycles. The molecule has 6 nitrogen and oxygen atoms in total. The number of nitrogens with zero attached hydrogens (tertiary/aromatic N) is 1. The lowest BCUT2D eigenvalue weighted by atomic mass is 10.1. The summed E-state index contributed by atoms with van der Waals surface area (Å²) in [6, 6.07) is 12.4. The van der Waals surface area contributed by atoms with E-state index in [0.717, 1.165) is 13.0 Å². The maximum atomic E-state index is 12.7. The highest BCUT2D eigenvalue weighted by atomic mass is 19.4. The number of fused-ring (bicyclic) bond motifs is 1. The standard InChI is InChI=1S/C11H9F3N2.C6H8N2.C5H5F3O2/c1-6-4-9(11(12,13)14)8-3-2-7(15)5-10(8)16-6;7-5-2-1-3-6(8)4-5;1-3(9)2-4(10)5(6,7)8/h2-5H,15H2,1H3;1-4H,7-8H2;2H2,1H3. The Bertz CT molecular complexity index is 1140. The Morgan fingerprint density at radius 3 is 1.76 bits per heavy atom. The van der Waals surface area contributed by atoms with Crippen LogP contribution in [-0.4, -0.2) is 22.7 Å². The summed E-state index contributed by atoms with van der Waals surface area (Å²) in [6.07, 6.45) is -10.3. The van der Waals surface area contributed by atoms with Crippen LogP contribution in [0.25, 0.3) is 10.9 Å². The molecule has 1 aromatic heterocycles. The molecule has 0 bridgehead atoms. The van der Waals surface area contributed by atoms with Gasteiger partial charge in [-0.3, -0.25) is 14.6 Å². The van der Waals surface area contributed by atoms with Crippen LogP contribution in [0, 0.1) is 6.92 Å².